The number of halogens is 2. The zero-order valence-electron chi connectivity index (χ0n) is 21.9. The number of nitrogens with zero attached hydrogens (tertiary/aromatic N) is 2. The lowest BCUT2D eigenvalue weighted by Gasteiger charge is -2.33. The first-order valence-electron chi connectivity index (χ1n) is 11.9. The van der Waals surface area contributed by atoms with E-state index in [9.17, 15) is 9.59 Å². The SMILES string of the molecule is CC(C)N(C(=O)SCC(Cl)=CCl)C(C)C.CCC(C)N(C(=O)SCc1ccccc1)C(C)CC. The molecule has 0 N–H and O–H groups in total. The highest BCUT2D eigenvalue weighted by molar-refractivity contribution is 8.13. The number of rotatable bonds is 10. The molecule has 0 radical (unpaired) electrons. The van der Waals surface area contributed by atoms with Crippen LogP contribution in [-0.2, 0) is 5.75 Å². The fourth-order valence-corrected chi connectivity index (χ4v) is 5.48. The molecule has 4 nitrogen and oxygen atoms in total. The van der Waals surface area contributed by atoms with Gasteiger partial charge < -0.3 is 9.80 Å². The maximum Gasteiger partial charge on any atom is 0.282 e. The van der Waals surface area contributed by atoms with Crippen LogP contribution in [-0.4, -0.2) is 50.2 Å². The number of carbonyl (C=O) groups is 2. The van der Waals surface area contributed by atoms with Crippen molar-refractivity contribution >= 4 is 57.2 Å². The first-order chi connectivity index (χ1) is 16.0. The van der Waals surface area contributed by atoms with Crippen molar-refractivity contribution in [3.8, 4) is 0 Å². The highest BCUT2D eigenvalue weighted by Crippen LogP contribution is 2.22. The maximum atomic E-state index is 12.4. The summed E-state index contributed by atoms with van der Waals surface area (Å²) in [6.45, 7) is 16.5. The van der Waals surface area contributed by atoms with Gasteiger partial charge in [0, 0.05) is 46.2 Å². The van der Waals surface area contributed by atoms with Crippen LogP contribution in [0.4, 0.5) is 9.59 Å². The molecule has 0 bridgehead atoms. The molecule has 0 fully saturated rings. The Kier molecular flexibility index (Phi) is 18.0. The summed E-state index contributed by atoms with van der Waals surface area (Å²) in [7, 11) is 0. The molecule has 0 aliphatic carbocycles. The summed E-state index contributed by atoms with van der Waals surface area (Å²) in [6.07, 6.45) is 2.00. The highest BCUT2D eigenvalue weighted by Gasteiger charge is 2.23. The van der Waals surface area contributed by atoms with Crippen molar-refractivity contribution in [1.82, 2.24) is 9.80 Å². The monoisotopic (exact) mass is 548 g/mol. The number of hydrogen-bond acceptors (Lipinski definition) is 4. The van der Waals surface area contributed by atoms with Gasteiger partial charge in [0.05, 0.1) is 0 Å². The van der Waals surface area contributed by atoms with Gasteiger partial charge >= 0.3 is 0 Å². The summed E-state index contributed by atoms with van der Waals surface area (Å²) >= 11 is 13.7. The van der Waals surface area contributed by atoms with E-state index in [1.807, 2.05) is 55.7 Å². The Morgan fingerprint density at radius 1 is 0.853 bits per heavy atom. The molecule has 1 aromatic carbocycles. The summed E-state index contributed by atoms with van der Waals surface area (Å²) in [4.78, 5) is 28.1. The third-order valence-corrected chi connectivity index (χ3v) is 7.95. The van der Waals surface area contributed by atoms with Gasteiger partial charge in [-0.1, -0.05) is 90.9 Å². The molecule has 2 atom stereocenters. The van der Waals surface area contributed by atoms with Gasteiger partial charge in [-0.15, -0.1) is 0 Å². The normalized spacial score (nSPS) is 13.2. The number of hydrogen-bond donors (Lipinski definition) is 0. The Morgan fingerprint density at radius 3 is 1.74 bits per heavy atom. The molecule has 0 spiro atoms. The van der Waals surface area contributed by atoms with Gasteiger partial charge in [0.2, 0.25) is 0 Å². The number of benzene rings is 1. The molecule has 1 rings (SSSR count). The van der Waals surface area contributed by atoms with Crippen LogP contribution >= 0.6 is 46.7 Å². The van der Waals surface area contributed by atoms with E-state index in [2.05, 4.69) is 39.8 Å². The Morgan fingerprint density at radius 2 is 1.32 bits per heavy atom. The molecule has 2 amide bonds. The van der Waals surface area contributed by atoms with E-state index >= 15 is 0 Å². The van der Waals surface area contributed by atoms with Crippen LogP contribution in [0.5, 0.6) is 0 Å². The average Bonchev–Trinajstić information content (AvgIpc) is 2.81. The van der Waals surface area contributed by atoms with E-state index in [4.69, 9.17) is 23.2 Å². The van der Waals surface area contributed by atoms with E-state index in [0.717, 1.165) is 18.6 Å². The van der Waals surface area contributed by atoms with Crippen molar-refractivity contribution in [2.24, 2.45) is 0 Å². The van der Waals surface area contributed by atoms with E-state index in [1.165, 1.54) is 34.6 Å². The average molecular weight is 550 g/mol. The van der Waals surface area contributed by atoms with Crippen molar-refractivity contribution in [2.45, 2.75) is 98.2 Å². The number of thioether (sulfide) groups is 2. The van der Waals surface area contributed by atoms with Gasteiger partial charge in [-0.3, -0.25) is 9.59 Å². The second kappa shape index (κ2) is 18.4. The van der Waals surface area contributed by atoms with Gasteiger partial charge in [-0.25, -0.2) is 0 Å². The fraction of sp³-hybridized carbons (Fsp3) is 0.615. The van der Waals surface area contributed by atoms with E-state index in [0.29, 0.717) is 22.9 Å². The Labute approximate surface area is 226 Å². The van der Waals surface area contributed by atoms with Gasteiger partial charge in [0.25, 0.3) is 10.5 Å². The van der Waals surface area contributed by atoms with Crippen LogP contribution in [0.25, 0.3) is 0 Å². The molecular weight excluding hydrogens is 507 g/mol. The highest BCUT2D eigenvalue weighted by atomic mass is 35.5. The summed E-state index contributed by atoms with van der Waals surface area (Å²) in [5.74, 6) is 1.18. The first kappa shape index (κ1) is 33.2. The van der Waals surface area contributed by atoms with Crippen LogP contribution in [0.2, 0.25) is 0 Å². The minimum Gasteiger partial charge on any atom is -0.329 e. The quantitative estimate of drug-likeness (QED) is 0.292. The molecule has 0 aliphatic rings. The Hall–Kier alpha value is -0.820. The summed E-state index contributed by atoms with van der Waals surface area (Å²) < 4.78 is 0. The summed E-state index contributed by atoms with van der Waals surface area (Å²) in [6, 6.07) is 11.2. The van der Waals surface area contributed by atoms with Crippen molar-refractivity contribution in [1.29, 1.82) is 0 Å². The lowest BCUT2D eigenvalue weighted by Crippen LogP contribution is -2.42. The molecule has 194 valence electrons. The zero-order valence-corrected chi connectivity index (χ0v) is 25.0. The van der Waals surface area contributed by atoms with Gasteiger partial charge in [-0.2, -0.15) is 0 Å². The topological polar surface area (TPSA) is 40.6 Å². The molecule has 0 saturated heterocycles. The minimum atomic E-state index is 0.0386. The molecule has 1 aromatic rings. The minimum absolute atomic E-state index is 0.0386. The molecule has 8 heteroatoms. The van der Waals surface area contributed by atoms with Gasteiger partial charge in [0.15, 0.2) is 0 Å². The van der Waals surface area contributed by atoms with Crippen molar-refractivity contribution in [2.75, 3.05) is 5.75 Å². The molecule has 0 heterocycles. The second-order valence-corrected chi connectivity index (χ2v) is 11.2. The molecule has 2 unspecified atom stereocenters. The second-order valence-electron chi connectivity index (χ2n) is 8.67. The third kappa shape index (κ3) is 12.8. The summed E-state index contributed by atoms with van der Waals surface area (Å²) in [5.41, 5.74) is 2.49. The third-order valence-electron chi connectivity index (χ3n) is 5.32. The van der Waals surface area contributed by atoms with Crippen molar-refractivity contribution < 1.29 is 9.59 Å². The van der Waals surface area contributed by atoms with Crippen LogP contribution < -0.4 is 0 Å². The van der Waals surface area contributed by atoms with E-state index < -0.39 is 0 Å². The first-order valence-corrected chi connectivity index (χ1v) is 14.7. The molecule has 34 heavy (non-hydrogen) atoms. The van der Waals surface area contributed by atoms with Crippen LogP contribution in [0.1, 0.15) is 73.8 Å². The smallest absolute Gasteiger partial charge is 0.282 e. The van der Waals surface area contributed by atoms with Gasteiger partial charge in [0.1, 0.15) is 0 Å². The zero-order chi connectivity index (χ0) is 26.3. The molecular formula is C26H42Cl2N2O2S2. The fourth-order valence-electron chi connectivity index (χ4n) is 3.24. The van der Waals surface area contributed by atoms with Gasteiger partial charge in [-0.05, 0) is 59.9 Å². The maximum absolute atomic E-state index is 12.4. The van der Waals surface area contributed by atoms with E-state index in [-0.39, 0.29) is 22.6 Å². The number of amides is 2. The largest absolute Gasteiger partial charge is 0.329 e. The molecule has 0 aliphatic heterocycles. The van der Waals surface area contributed by atoms with Crippen molar-refractivity contribution in [3.63, 3.8) is 0 Å². The Balaban J connectivity index is 0.000000661. The molecule has 0 saturated carbocycles. The Bertz CT molecular complexity index is 728. The standard InChI is InChI=1S/C16H25NOS.C10H17Cl2NOS/c1-5-13(3)17(14(4)6-2)16(18)19-12-15-10-8-7-9-11-15;1-7(2)13(8(3)4)10(14)15-6-9(12)5-11/h7-11,13-14H,5-6,12H2,1-4H3;5,7-8H,6H2,1-4H3. The number of carbonyl (C=O) groups excluding carboxylic acids is 2. The summed E-state index contributed by atoms with van der Waals surface area (Å²) in [5, 5.41) is 0.728. The van der Waals surface area contributed by atoms with Crippen molar-refractivity contribution in [3.05, 3.63) is 46.5 Å². The molecule has 0 aromatic heterocycles. The predicted octanol–water partition coefficient (Wildman–Crippen LogP) is 9.22. The van der Waals surface area contributed by atoms with Crippen LogP contribution in [0, 0.1) is 0 Å². The van der Waals surface area contributed by atoms with E-state index in [1.54, 1.807) is 0 Å². The lowest BCUT2D eigenvalue weighted by atomic mass is 10.1. The predicted molar refractivity (Wildman–Crippen MR) is 154 cm³/mol. The van der Waals surface area contributed by atoms with Crippen LogP contribution in [0.3, 0.4) is 0 Å². The van der Waals surface area contributed by atoms with Crippen LogP contribution in [0.15, 0.2) is 40.9 Å². The lowest BCUT2D eigenvalue weighted by molar-refractivity contribution is 0.173.